The highest BCUT2D eigenvalue weighted by Crippen LogP contribution is 2.28. The molecule has 0 radical (unpaired) electrons. The molecule has 1 atom stereocenters. The first-order valence-corrected chi connectivity index (χ1v) is 10.7. The Bertz CT molecular complexity index is 1280. The fourth-order valence-electron chi connectivity index (χ4n) is 4.22. The Kier molecular flexibility index (Phi) is 4.94. The second-order valence-electron chi connectivity index (χ2n) is 7.92. The first kappa shape index (κ1) is 19.7. The predicted octanol–water partition coefficient (Wildman–Crippen LogP) is 3.60. The van der Waals surface area contributed by atoms with Crippen molar-refractivity contribution >= 4 is 23.2 Å². The first-order valence-electron chi connectivity index (χ1n) is 10.3. The van der Waals surface area contributed by atoms with Crippen molar-refractivity contribution in [1.82, 2.24) is 34.3 Å². The molecule has 1 amide bonds. The van der Waals surface area contributed by atoms with Crippen molar-refractivity contribution in [2.75, 3.05) is 13.1 Å². The van der Waals surface area contributed by atoms with E-state index < -0.39 is 0 Å². The van der Waals surface area contributed by atoms with Gasteiger partial charge in [0.25, 0.3) is 5.91 Å². The van der Waals surface area contributed by atoms with Crippen LogP contribution < -0.4 is 0 Å². The molecule has 1 fully saturated rings. The van der Waals surface area contributed by atoms with E-state index in [2.05, 4.69) is 20.3 Å². The fourth-order valence-corrected chi connectivity index (χ4v) is 4.41. The van der Waals surface area contributed by atoms with Crippen molar-refractivity contribution in [3.05, 3.63) is 70.5 Å². The van der Waals surface area contributed by atoms with Crippen LogP contribution in [0.15, 0.2) is 42.6 Å². The molecule has 5 rings (SSSR count). The van der Waals surface area contributed by atoms with Crippen LogP contribution in [0, 0.1) is 13.8 Å². The van der Waals surface area contributed by atoms with Crippen LogP contribution in [0.2, 0.25) is 5.02 Å². The molecule has 1 aliphatic rings. The number of rotatable bonds is 3. The molecule has 0 saturated carbocycles. The van der Waals surface area contributed by atoms with Crippen LogP contribution in [0.25, 0.3) is 11.5 Å². The number of aryl methyl sites for hydroxylation is 2. The minimum Gasteiger partial charge on any atom is -0.337 e. The van der Waals surface area contributed by atoms with Crippen LogP contribution in [-0.4, -0.2) is 53.3 Å². The van der Waals surface area contributed by atoms with Gasteiger partial charge in [0.1, 0.15) is 11.5 Å². The summed E-state index contributed by atoms with van der Waals surface area (Å²) in [5, 5.41) is 13.5. The molecule has 31 heavy (non-hydrogen) atoms. The normalized spacial score (nSPS) is 16.7. The molecule has 158 valence electrons. The third-order valence-electron chi connectivity index (χ3n) is 5.67. The molecule has 8 nitrogen and oxygen atoms in total. The lowest BCUT2D eigenvalue weighted by atomic mass is 9.97. The third-order valence-corrected chi connectivity index (χ3v) is 5.98. The van der Waals surface area contributed by atoms with Gasteiger partial charge in [-0.05, 0) is 57.0 Å². The SMILES string of the molecule is Cc1cc(C)n(-c2ccc(Cl)c(C(=O)N3CCCC(c4nnc5ccccn45)C3)n2)n1. The van der Waals surface area contributed by atoms with Crippen molar-refractivity contribution in [2.24, 2.45) is 0 Å². The molecule has 4 aromatic rings. The summed E-state index contributed by atoms with van der Waals surface area (Å²) in [5.41, 5.74) is 2.89. The van der Waals surface area contributed by atoms with Gasteiger partial charge >= 0.3 is 0 Å². The van der Waals surface area contributed by atoms with Crippen LogP contribution in [0.4, 0.5) is 0 Å². The minimum absolute atomic E-state index is 0.105. The molecule has 0 aromatic carbocycles. The second kappa shape index (κ2) is 7.77. The van der Waals surface area contributed by atoms with Crippen LogP contribution in [0.1, 0.15) is 46.5 Å². The molecular weight excluding hydrogens is 414 g/mol. The fraction of sp³-hybridized carbons (Fsp3) is 0.318. The van der Waals surface area contributed by atoms with Gasteiger partial charge in [0.05, 0.1) is 10.7 Å². The number of carbonyl (C=O) groups excluding carboxylic acids is 1. The van der Waals surface area contributed by atoms with Gasteiger partial charge in [-0.25, -0.2) is 9.67 Å². The zero-order valence-electron chi connectivity index (χ0n) is 17.4. The average Bonchev–Trinajstić information content (AvgIpc) is 3.36. The minimum atomic E-state index is -0.174. The Balaban J connectivity index is 1.43. The third kappa shape index (κ3) is 3.57. The van der Waals surface area contributed by atoms with Gasteiger partial charge in [0.15, 0.2) is 11.5 Å². The summed E-state index contributed by atoms with van der Waals surface area (Å²) < 4.78 is 3.72. The van der Waals surface area contributed by atoms with E-state index in [0.29, 0.717) is 23.9 Å². The summed E-state index contributed by atoms with van der Waals surface area (Å²) in [7, 11) is 0. The molecule has 0 bridgehead atoms. The molecular formula is C22H22ClN7O. The summed E-state index contributed by atoms with van der Waals surface area (Å²) in [4.78, 5) is 19.8. The van der Waals surface area contributed by atoms with E-state index >= 15 is 0 Å². The number of hydrogen-bond donors (Lipinski definition) is 0. The van der Waals surface area contributed by atoms with Crippen molar-refractivity contribution in [1.29, 1.82) is 0 Å². The number of hydrogen-bond acceptors (Lipinski definition) is 5. The lowest BCUT2D eigenvalue weighted by Crippen LogP contribution is -2.40. The van der Waals surface area contributed by atoms with Gasteiger partial charge in [-0.1, -0.05) is 17.7 Å². The van der Waals surface area contributed by atoms with Crippen LogP contribution in [0.5, 0.6) is 0 Å². The molecule has 0 aliphatic carbocycles. The smallest absolute Gasteiger partial charge is 0.274 e. The largest absolute Gasteiger partial charge is 0.337 e. The highest BCUT2D eigenvalue weighted by atomic mass is 35.5. The molecule has 1 unspecified atom stereocenters. The van der Waals surface area contributed by atoms with Crippen LogP contribution >= 0.6 is 11.6 Å². The Morgan fingerprint density at radius 1 is 1.16 bits per heavy atom. The maximum atomic E-state index is 13.4. The Morgan fingerprint density at radius 3 is 2.84 bits per heavy atom. The monoisotopic (exact) mass is 435 g/mol. The van der Waals surface area contributed by atoms with Gasteiger partial charge in [0, 0.05) is 30.9 Å². The van der Waals surface area contributed by atoms with Gasteiger partial charge in [-0.15, -0.1) is 10.2 Å². The summed E-state index contributed by atoms with van der Waals surface area (Å²) in [6, 6.07) is 11.3. The van der Waals surface area contributed by atoms with Crippen molar-refractivity contribution in [2.45, 2.75) is 32.6 Å². The van der Waals surface area contributed by atoms with Crippen LogP contribution in [0.3, 0.4) is 0 Å². The summed E-state index contributed by atoms with van der Waals surface area (Å²) in [6.07, 6.45) is 3.79. The quantitative estimate of drug-likeness (QED) is 0.491. The summed E-state index contributed by atoms with van der Waals surface area (Å²) >= 11 is 6.39. The van der Waals surface area contributed by atoms with E-state index in [-0.39, 0.29) is 17.5 Å². The van der Waals surface area contributed by atoms with Gasteiger partial charge in [-0.3, -0.25) is 9.20 Å². The number of pyridine rings is 2. The highest BCUT2D eigenvalue weighted by Gasteiger charge is 2.30. The second-order valence-corrected chi connectivity index (χ2v) is 8.32. The predicted molar refractivity (Wildman–Crippen MR) is 117 cm³/mol. The Morgan fingerprint density at radius 2 is 2.03 bits per heavy atom. The van der Waals surface area contributed by atoms with E-state index in [1.165, 1.54) is 0 Å². The number of nitrogens with zero attached hydrogens (tertiary/aromatic N) is 7. The van der Waals surface area contributed by atoms with E-state index in [9.17, 15) is 4.79 Å². The number of piperidine rings is 1. The number of aromatic nitrogens is 6. The van der Waals surface area contributed by atoms with E-state index in [1.807, 2.05) is 53.6 Å². The zero-order valence-corrected chi connectivity index (χ0v) is 18.1. The average molecular weight is 436 g/mol. The van der Waals surface area contributed by atoms with E-state index in [0.717, 1.165) is 35.7 Å². The molecule has 1 aliphatic heterocycles. The van der Waals surface area contributed by atoms with Gasteiger partial charge < -0.3 is 4.90 Å². The van der Waals surface area contributed by atoms with Crippen molar-refractivity contribution in [3.63, 3.8) is 0 Å². The zero-order chi connectivity index (χ0) is 21.5. The first-order chi connectivity index (χ1) is 15.0. The number of likely N-dealkylation sites (tertiary alicyclic amines) is 1. The Labute approximate surface area is 184 Å². The van der Waals surface area contributed by atoms with Gasteiger partial charge in [-0.2, -0.15) is 5.10 Å². The molecule has 5 heterocycles. The van der Waals surface area contributed by atoms with Crippen LogP contribution in [-0.2, 0) is 0 Å². The maximum absolute atomic E-state index is 13.4. The van der Waals surface area contributed by atoms with Gasteiger partial charge in [0.2, 0.25) is 0 Å². The number of amides is 1. The van der Waals surface area contributed by atoms with Crippen molar-refractivity contribution in [3.8, 4) is 5.82 Å². The summed E-state index contributed by atoms with van der Waals surface area (Å²) in [5.74, 6) is 1.39. The number of carbonyl (C=O) groups is 1. The Hall–Kier alpha value is -3.26. The number of halogens is 1. The van der Waals surface area contributed by atoms with E-state index in [4.69, 9.17) is 11.6 Å². The lowest BCUT2D eigenvalue weighted by molar-refractivity contribution is 0.0698. The molecule has 0 N–H and O–H groups in total. The topological polar surface area (TPSA) is 81.2 Å². The number of fused-ring (bicyclic) bond motifs is 1. The standard InChI is InChI=1S/C22H22ClN7O/c1-14-12-15(2)30(27-14)18-9-8-17(23)20(24-18)22(31)28-10-5-6-16(13-28)21-26-25-19-7-3-4-11-29(19)21/h3-4,7-9,11-12,16H,5-6,10,13H2,1-2H3. The molecule has 9 heteroatoms. The molecule has 1 saturated heterocycles. The maximum Gasteiger partial charge on any atom is 0.274 e. The summed E-state index contributed by atoms with van der Waals surface area (Å²) in [6.45, 7) is 5.09. The lowest BCUT2D eigenvalue weighted by Gasteiger charge is -2.32. The van der Waals surface area contributed by atoms with Crippen molar-refractivity contribution < 1.29 is 4.79 Å². The highest BCUT2D eigenvalue weighted by molar-refractivity contribution is 6.33. The van der Waals surface area contributed by atoms with E-state index in [1.54, 1.807) is 16.8 Å². The molecule has 0 spiro atoms. The molecule has 4 aromatic heterocycles.